The summed E-state index contributed by atoms with van der Waals surface area (Å²) >= 11 is 7.64. The molecule has 0 fully saturated rings. The third-order valence-corrected chi connectivity index (χ3v) is 3.33. The van der Waals surface area contributed by atoms with E-state index in [1.165, 1.54) is 11.3 Å². The van der Waals surface area contributed by atoms with Crippen LogP contribution in [0.5, 0.6) is 0 Å². The molecule has 1 N–H and O–H groups in total. The van der Waals surface area contributed by atoms with Crippen LogP contribution in [0.2, 0.25) is 0 Å². The third-order valence-electron chi connectivity index (χ3n) is 0.993. The standard InChI is InChI=1S/C5H4Br2N2OS/c1-8-4(10)2-3(6)9-5(7)11-2/h1H3,(H,8,10). The van der Waals surface area contributed by atoms with E-state index < -0.39 is 0 Å². The molecule has 1 rings (SSSR count). The second-order valence-corrected chi connectivity index (χ2v) is 4.69. The van der Waals surface area contributed by atoms with Gasteiger partial charge in [0.15, 0.2) is 3.92 Å². The predicted octanol–water partition coefficient (Wildman–Crippen LogP) is 2.03. The van der Waals surface area contributed by atoms with E-state index in [-0.39, 0.29) is 5.91 Å². The van der Waals surface area contributed by atoms with E-state index in [1.54, 1.807) is 7.05 Å². The Labute approximate surface area is 84.5 Å². The second-order valence-electron chi connectivity index (χ2n) is 1.67. The fraction of sp³-hybridized carbons (Fsp3) is 0.200. The molecule has 0 saturated heterocycles. The van der Waals surface area contributed by atoms with Gasteiger partial charge in [0, 0.05) is 7.05 Å². The molecule has 1 aromatic heterocycles. The Balaban J connectivity index is 3.03. The zero-order valence-corrected chi connectivity index (χ0v) is 9.51. The predicted molar refractivity (Wildman–Crippen MR) is 50.9 cm³/mol. The van der Waals surface area contributed by atoms with Crippen LogP contribution < -0.4 is 5.32 Å². The van der Waals surface area contributed by atoms with Crippen molar-refractivity contribution in [2.45, 2.75) is 0 Å². The van der Waals surface area contributed by atoms with Gasteiger partial charge < -0.3 is 5.32 Å². The lowest BCUT2D eigenvalue weighted by Crippen LogP contribution is -2.16. The van der Waals surface area contributed by atoms with Crippen LogP contribution in [-0.2, 0) is 0 Å². The van der Waals surface area contributed by atoms with Gasteiger partial charge in [-0.15, -0.1) is 11.3 Å². The van der Waals surface area contributed by atoms with Crippen molar-refractivity contribution in [2.75, 3.05) is 7.05 Å². The lowest BCUT2D eigenvalue weighted by atomic mass is 10.5. The van der Waals surface area contributed by atoms with Gasteiger partial charge in [-0.1, -0.05) is 0 Å². The quantitative estimate of drug-likeness (QED) is 0.862. The van der Waals surface area contributed by atoms with Gasteiger partial charge in [-0.25, -0.2) is 4.98 Å². The fourth-order valence-corrected chi connectivity index (χ4v) is 2.78. The lowest BCUT2D eigenvalue weighted by molar-refractivity contribution is 0.0966. The Kier molecular flexibility index (Phi) is 3.03. The van der Waals surface area contributed by atoms with Crippen molar-refractivity contribution in [3.05, 3.63) is 13.4 Å². The topological polar surface area (TPSA) is 42.0 Å². The van der Waals surface area contributed by atoms with E-state index in [0.717, 1.165) is 0 Å². The van der Waals surface area contributed by atoms with Crippen molar-refractivity contribution in [3.63, 3.8) is 0 Å². The van der Waals surface area contributed by atoms with Gasteiger partial charge in [0.25, 0.3) is 5.91 Å². The lowest BCUT2D eigenvalue weighted by Gasteiger charge is -1.92. The average molecular weight is 300 g/mol. The van der Waals surface area contributed by atoms with Crippen molar-refractivity contribution >= 4 is 49.1 Å². The van der Waals surface area contributed by atoms with E-state index in [4.69, 9.17) is 0 Å². The summed E-state index contributed by atoms with van der Waals surface area (Å²) in [4.78, 5) is 15.6. The molecule has 6 heteroatoms. The Morgan fingerprint density at radius 2 is 2.27 bits per heavy atom. The third kappa shape index (κ3) is 2.00. The zero-order valence-electron chi connectivity index (χ0n) is 5.52. The van der Waals surface area contributed by atoms with Gasteiger partial charge in [-0.05, 0) is 31.9 Å². The van der Waals surface area contributed by atoms with Gasteiger partial charge in [-0.3, -0.25) is 4.79 Å². The van der Waals surface area contributed by atoms with Gasteiger partial charge >= 0.3 is 0 Å². The molecule has 0 saturated carbocycles. The number of hydrogen-bond acceptors (Lipinski definition) is 3. The molecule has 11 heavy (non-hydrogen) atoms. The highest BCUT2D eigenvalue weighted by atomic mass is 79.9. The van der Waals surface area contributed by atoms with Gasteiger partial charge in [0.1, 0.15) is 9.48 Å². The van der Waals surface area contributed by atoms with Gasteiger partial charge in [-0.2, -0.15) is 0 Å². The number of amides is 1. The molecule has 60 valence electrons. The highest BCUT2D eigenvalue weighted by Crippen LogP contribution is 2.26. The van der Waals surface area contributed by atoms with Crippen molar-refractivity contribution in [3.8, 4) is 0 Å². The summed E-state index contributed by atoms with van der Waals surface area (Å²) < 4.78 is 1.27. The molecule has 0 atom stereocenters. The fourth-order valence-electron chi connectivity index (χ4n) is 0.531. The summed E-state index contributed by atoms with van der Waals surface area (Å²) in [5.74, 6) is -0.125. The molecule has 3 nitrogen and oxygen atoms in total. The Morgan fingerprint density at radius 1 is 1.64 bits per heavy atom. The molecule has 0 aromatic carbocycles. The van der Waals surface area contributed by atoms with Crippen LogP contribution in [0.1, 0.15) is 9.67 Å². The SMILES string of the molecule is CNC(=O)c1sc(Br)nc1Br. The van der Waals surface area contributed by atoms with Crippen LogP contribution in [0.3, 0.4) is 0 Å². The number of carbonyl (C=O) groups is 1. The number of nitrogens with one attached hydrogen (secondary N) is 1. The number of rotatable bonds is 1. The Bertz CT molecular complexity index is 286. The first kappa shape index (κ1) is 9.15. The van der Waals surface area contributed by atoms with Crippen LogP contribution in [0.15, 0.2) is 8.52 Å². The molecule has 0 bridgehead atoms. The van der Waals surface area contributed by atoms with Crippen molar-refractivity contribution in [1.29, 1.82) is 0 Å². The zero-order chi connectivity index (χ0) is 8.43. The van der Waals surface area contributed by atoms with Gasteiger partial charge in [0.2, 0.25) is 0 Å². The molecule has 0 unspecified atom stereocenters. The van der Waals surface area contributed by atoms with E-state index in [9.17, 15) is 4.79 Å². The van der Waals surface area contributed by atoms with Gasteiger partial charge in [0.05, 0.1) is 0 Å². The number of nitrogens with zero attached hydrogens (tertiary/aromatic N) is 1. The Hall–Kier alpha value is 0.0600. The normalized spacial score (nSPS) is 9.73. The first-order chi connectivity index (χ1) is 5.15. The van der Waals surface area contributed by atoms with E-state index in [0.29, 0.717) is 13.4 Å². The molecule has 0 aliphatic heterocycles. The largest absolute Gasteiger partial charge is 0.354 e. The summed E-state index contributed by atoms with van der Waals surface area (Å²) in [7, 11) is 1.59. The van der Waals surface area contributed by atoms with Crippen LogP contribution in [-0.4, -0.2) is 17.9 Å². The molecule has 1 amide bonds. The first-order valence-corrected chi connectivity index (χ1v) is 5.09. The number of hydrogen-bond donors (Lipinski definition) is 1. The summed E-state index contributed by atoms with van der Waals surface area (Å²) in [5.41, 5.74) is 0. The number of halogens is 2. The van der Waals surface area contributed by atoms with Crippen molar-refractivity contribution in [1.82, 2.24) is 10.3 Å². The minimum atomic E-state index is -0.125. The molecule has 0 radical (unpaired) electrons. The minimum Gasteiger partial charge on any atom is -0.354 e. The summed E-state index contributed by atoms with van der Waals surface area (Å²) in [6.07, 6.45) is 0. The van der Waals surface area contributed by atoms with Crippen molar-refractivity contribution in [2.24, 2.45) is 0 Å². The van der Waals surface area contributed by atoms with E-state index in [1.807, 2.05) is 0 Å². The van der Waals surface area contributed by atoms with E-state index >= 15 is 0 Å². The number of thiazole rings is 1. The van der Waals surface area contributed by atoms with Crippen LogP contribution in [0.4, 0.5) is 0 Å². The maximum absolute atomic E-state index is 11.1. The first-order valence-electron chi connectivity index (χ1n) is 2.69. The van der Waals surface area contributed by atoms with Crippen molar-refractivity contribution < 1.29 is 4.79 Å². The van der Waals surface area contributed by atoms with Crippen LogP contribution in [0.25, 0.3) is 0 Å². The highest BCUT2D eigenvalue weighted by Gasteiger charge is 2.13. The molecular weight excluding hydrogens is 296 g/mol. The monoisotopic (exact) mass is 298 g/mol. The maximum atomic E-state index is 11.1. The second kappa shape index (κ2) is 3.64. The molecule has 0 aliphatic rings. The van der Waals surface area contributed by atoms with Crippen LogP contribution >= 0.6 is 43.2 Å². The highest BCUT2D eigenvalue weighted by molar-refractivity contribution is 9.11. The molecule has 0 aliphatic carbocycles. The molecule has 0 spiro atoms. The van der Waals surface area contributed by atoms with E-state index in [2.05, 4.69) is 42.2 Å². The minimum absolute atomic E-state index is 0.125. The number of aromatic nitrogens is 1. The van der Waals surface area contributed by atoms with Crippen LogP contribution in [0, 0.1) is 0 Å². The maximum Gasteiger partial charge on any atom is 0.263 e. The number of carbonyl (C=O) groups excluding carboxylic acids is 1. The summed E-state index contributed by atoms with van der Waals surface area (Å²) in [6, 6.07) is 0. The Morgan fingerprint density at radius 3 is 2.64 bits per heavy atom. The molecule has 1 heterocycles. The average Bonchev–Trinajstić information content (AvgIpc) is 2.28. The molecular formula is C5H4Br2N2OS. The smallest absolute Gasteiger partial charge is 0.263 e. The summed E-state index contributed by atoms with van der Waals surface area (Å²) in [6.45, 7) is 0. The summed E-state index contributed by atoms with van der Waals surface area (Å²) in [5, 5.41) is 2.52. The molecule has 1 aromatic rings.